The topological polar surface area (TPSA) is 48.0 Å². The molecule has 0 fully saturated rings. The number of benzene rings is 2. The van der Waals surface area contributed by atoms with Crippen LogP contribution in [0.5, 0.6) is 0 Å². The van der Waals surface area contributed by atoms with Crippen molar-refractivity contribution in [2.75, 3.05) is 9.80 Å². The number of nitrogens with zero attached hydrogens (tertiary/aromatic N) is 4. The Bertz CT molecular complexity index is 1110. The quantitative estimate of drug-likeness (QED) is 0.530. The number of fused-ring (bicyclic) bond motifs is 2. The van der Waals surface area contributed by atoms with Crippen LogP contribution in [0.1, 0.15) is 20.8 Å². The third-order valence-corrected chi connectivity index (χ3v) is 5.37. The van der Waals surface area contributed by atoms with Gasteiger partial charge in [0.1, 0.15) is 17.7 Å². The predicted molar refractivity (Wildman–Crippen MR) is 115 cm³/mol. The molecule has 0 bridgehead atoms. The van der Waals surface area contributed by atoms with Crippen LogP contribution in [0.15, 0.2) is 66.7 Å². The SMILES string of the molecule is CC(C)N1c2ccccc2N(c2cccc(-c3nc4ccccc4[nH]3)n2)[C@@H]1C. The van der Waals surface area contributed by atoms with Crippen LogP contribution in [0.3, 0.4) is 0 Å². The number of H-pyrrole nitrogens is 1. The molecular formula is C23H23N5. The van der Waals surface area contributed by atoms with Gasteiger partial charge >= 0.3 is 0 Å². The number of aromatic nitrogens is 3. The zero-order chi connectivity index (χ0) is 19.3. The molecule has 2 aromatic carbocycles. The number of aromatic amines is 1. The molecule has 5 heteroatoms. The van der Waals surface area contributed by atoms with E-state index in [1.807, 2.05) is 30.3 Å². The molecular weight excluding hydrogens is 346 g/mol. The van der Waals surface area contributed by atoms with Crippen molar-refractivity contribution in [3.05, 3.63) is 66.7 Å². The Labute approximate surface area is 164 Å². The van der Waals surface area contributed by atoms with Crippen LogP contribution in [0.25, 0.3) is 22.6 Å². The lowest BCUT2D eigenvalue weighted by molar-refractivity contribution is 0.604. The molecule has 3 heterocycles. The zero-order valence-electron chi connectivity index (χ0n) is 16.3. The van der Waals surface area contributed by atoms with E-state index in [9.17, 15) is 0 Å². The molecule has 5 rings (SSSR count). The van der Waals surface area contributed by atoms with E-state index in [1.54, 1.807) is 0 Å². The molecule has 140 valence electrons. The Balaban J connectivity index is 1.60. The second kappa shape index (κ2) is 6.37. The molecule has 2 aromatic heterocycles. The van der Waals surface area contributed by atoms with Gasteiger partial charge < -0.3 is 14.8 Å². The summed E-state index contributed by atoms with van der Waals surface area (Å²) in [5, 5.41) is 0. The fourth-order valence-electron chi connectivity index (χ4n) is 4.20. The maximum Gasteiger partial charge on any atom is 0.157 e. The van der Waals surface area contributed by atoms with Gasteiger partial charge in [-0.1, -0.05) is 30.3 Å². The van der Waals surface area contributed by atoms with Crippen LogP contribution < -0.4 is 9.80 Å². The van der Waals surface area contributed by atoms with E-state index < -0.39 is 0 Å². The first-order chi connectivity index (χ1) is 13.6. The Kier molecular flexibility index (Phi) is 3.83. The third-order valence-electron chi connectivity index (χ3n) is 5.37. The van der Waals surface area contributed by atoms with Crippen LogP contribution in [-0.2, 0) is 0 Å². The van der Waals surface area contributed by atoms with E-state index in [2.05, 4.69) is 72.0 Å². The minimum atomic E-state index is 0.191. The highest BCUT2D eigenvalue weighted by Gasteiger charge is 2.35. The van der Waals surface area contributed by atoms with Gasteiger partial charge in [0.25, 0.3) is 0 Å². The summed E-state index contributed by atoms with van der Waals surface area (Å²) in [7, 11) is 0. The fourth-order valence-corrected chi connectivity index (χ4v) is 4.20. The first-order valence-corrected chi connectivity index (χ1v) is 9.72. The Morgan fingerprint density at radius 1 is 0.857 bits per heavy atom. The smallest absolute Gasteiger partial charge is 0.157 e. The van der Waals surface area contributed by atoms with Crippen LogP contribution >= 0.6 is 0 Å². The summed E-state index contributed by atoms with van der Waals surface area (Å²) in [5.41, 5.74) is 5.27. The van der Waals surface area contributed by atoms with E-state index in [4.69, 9.17) is 9.97 Å². The van der Waals surface area contributed by atoms with Crippen LogP contribution in [0.4, 0.5) is 17.2 Å². The molecule has 1 aliphatic rings. The van der Waals surface area contributed by atoms with Gasteiger partial charge in [-0.05, 0) is 57.2 Å². The van der Waals surface area contributed by atoms with E-state index >= 15 is 0 Å². The highest BCUT2D eigenvalue weighted by molar-refractivity contribution is 5.83. The van der Waals surface area contributed by atoms with E-state index in [0.717, 1.165) is 28.4 Å². The Morgan fingerprint density at radius 2 is 1.61 bits per heavy atom. The Hall–Kier alpha value is -3.34. The molecule has 5 nitrogen and oxygen atoms in total. The van der Waals surface area contributed by atoms with Crippen LogP contribution in [-0.4, -0.2) is 27.2 Å². The van der Waals surface area contributed by atoms with Crippen molar-refractivity contribution >= 4 is 28.2 Å². The average molecular weight is 369 g/mol. The summed E-state index contributed by atoms with van der Waals surface area (Å²) >= 11 is 0. The van der Waals surface area contributed by atoms with Gasteiger partial charge in [0.2, 0.25) is 0 Å². The highest BCUT2D eigenvalue weighted by atomic mass is 15.4. The number of nitrogens with one attached hydrogen (secondary N) is 1. The lowest BCUT2D eigenvalue weighted by atomic mass is 10.2. The number of hydrogen-bond acceptors (Lipinski definition) is 4. The molecule has 0 unspecified atom stereocenters. The predicted octanol–water partition coefficient (Wildman–Crippen LogP) is 5.34. The van der Waals surface area contributed by atoms with E-state index in [0.29, 0.717) is 6.04 Å². The number of pyridine rings is 1. The number of hydrogen-bond donors (Lipinski definition) is 1. The van der Waals surface area contributed by atoms with E-state index in [1.165, 1.54) is 11.4 Å². The maximum absolute atomic E-state index is 4.97. The van der Waals surface area contributed by atoms with Crippen molar-refractivity contribution in [2.45, 2.75) is 33.0 Å². The number of imidazole rings is 1. The van der Waals surface area contributed by atoms with Gasteiger partial charge in [0.15, 0.2) is 5.82 Å². The maximum atomic E-state index is 4.97. The molecule has 4 aromatic rings. The number of para-hydroxylation sites is 4. The lowest BCUT2D eigenvalue weighted by Crippen LogP contribution is -2.42. The first kappa shape index (κ1) is 16.8. The molecule has 1 N–H and O–H groups in total. The molecule has 28 heavy (non-hydrogen) atoms. The summed E-state index contributed by atoms with van der Waals surface area (Å²) in [6, 6.07) is 23.1. The van der Waals surface area contributed by atoms with Crippen LogP contribution in [0, 0.1) is 0 Å². The third kappa shape index (κ3) is 2.54. The molecule has 0 radical (unpaired) electrons. The second-order valence-electron chi connectivity index (χ2n) is 7.48. The van der Waals surface area contributed by atoms with Crippen molar-refractivity contribution in [3.63, 3.8) is 0 Å². The van der Waals surface area contributed by atoms with Crippen molar-refractivity contribution in [3.8, 4) is 11.5 Å². The van der Waals surface area contributed by atoms with Crippen molar-refractivity contribution in [2.24, 2.45) is 0 Å². The fraction of sp³-hybridized carbons (Fsp3) is 0.217. The summed E-state index contributed by atoms with van der Waals surface area (Å²) in [5.74, 6) is 1.73. The Morgan fingerprint density at radius 3 is 2.39 bits per heavy atom. The minimum Gasteiger partial charge on any atom is -0.347 e. The first-order valence-electron chi connectivity index (χ1n) is 9.72. The zero-order valence-corrected chi connectivity index (χ0v) is 16.3. The highest BCUT2D eigenvalue weighted by Crippen LogP contribution is 2.44. The molecule has 1 atom stereocenters. The van der Waals surface area contributed by atoms with Crippen molar-refractivity contribution < 1.29 is 0 Å². The van der Waals surface area contributed by atoms with Crippen molar-refractivity contribution in [1.29, 1.82) is 0 Å². The molecule has 0 saturated carbocycles. The largest absolute Gasteiger partial charge is 0.347 e. The van der Waals surface area contributed by atoms with Gasteiger partial charge in [0, 0.05) is 6.04 Å². The van der Waals surface area contributed by atoms with Crippen LogP contribution in [0.2, 0.25) is 0 Å². The summed E-state index contributed by atoms with van der Waals surface area (Å²) < 4.78 is 0. The summed E-state index contributed by atoms with van der Waals surface area (Å²) in [6.45, 7) is 6.69. The number of rotatable bonds is 3. The van der Waals surface area contributed by atoms with E-state index in [-0.39, 0.29) is 6.17 Å². The van der Waals surface area contributed by atoms with Gasteiger partial charge in [-0.25, -0.2) is 9.97 Å². The van der Waals surface area contributed by atoms with Gasteiger partial charge in [-0.2, -0.15) is 0 Å². The minimum absolute atomic E-state index is 0.191. The standard InChI is InChI=1S/C23H23N5/c1-15(2)27-16(3)28(21-13-7-6-12-20(21)27)22-14-8-11-19(24-22)23-25-17-9-4-5-10-18(17)26-23/h4-16H,1-3H3,(H,25,26)/t16-/m1/s1. The normalized spacial score (nSPS) is 16.2. The number of anilines is 3. The summed E-state index contributed by atoms with van der Waals surface area (Å²) in [6.07, 6.45) is 0.191. The average Bonchev–Trinajstić information content (AvgIpc) is 3.26. The molecule has 0 saturated heterocycles. The molecule has 1 aliphatic heterocycles. The summed E-state index contributed by atoms with van der Waals surface area (Å²) in [4.78, 5) is 17.8. The molecule has 0 amide bonds. The monoisotopic (exact) mass is 369 g/mol. The van der Waals surface area contributed by atoms with Crippen molar-refractivity contribution in [1.82, 2.24) is 15.0 Å². The molecule has 0 aliphatic carbocycles. The lowest BCUT2D eigenvalue weighted by Gasteiger charge is -2.32. The van der Waals surface area contributed by atoms with Gasteiger partial charge in [-0.15, -0.1) is 0 Å². The van der Waals surface area contributed by atoms with Gasteiger partial charge in [-0.3, -0.25) is 0 Å². The van der Waals surface area contributed by atoms with Gasteiger partial charge in [0.05, 0.1) is 22.4 Å². The molecule has 0 spiro atoms. The second-order valence-corrected chi connectivity index (χ2v) is 7.48.